The maximum Gasteiger partial charge on any atom is 0.337 e. The molecule has 0 aliphatic rings. The summed E-state index contributed by atoms with van der Waals surface area (Å²) in [7, 11) is -0.162. The lowest BCUT2D eigenvalue weighted by Crippen LogP contribution is -2.41. The predicted molar refractivity (Wildman–Crippen MR) is 89.1 cm³/mol. The van der Waals surface area contributed by atoms with E-state index in [2.05, 4.69) is 38.6 Å². The van der Waals surface area contributed by atoms with Crippen LogP contribution in [0.2, 0.25) is 12.1 Å². The van der Waals surface area contributed by atoms with Crippen molar-refractivity contribution >= 4 is 14.6 Å². The topological polar surface area (TPSA) is 18.5 Å². The number of rotatable bonds is 10. The summed E-state index contributed by atoms with van der Waals surface area (Å²) in [6, 6.07) is 10.5. The monoisotopic (exact) mass is 292 g/mol. The second-order valence-electron chi connectivity index (χ2n) is 5.12. The van der Waals surface area contributed by atoms with Crippen molar-refractivity contribution in [1.29, 1.82) is 0 Å². The molecule has 0 radical (unpaired) electrons. The molecule has 0 heterocycles. The Morgan fingerprint density at radius 2 is 1.80 bits per heavy atom. The lowest BCUT2D eigenvalue weighted by Gasteiger charge is -2.28. The number of hydrogen-bond donors (Lipinski definition) is 0. The van der Waals surface area contributed by atoms with Gasteiger partial charge in [-0.15, -0.1) is 0 Å². The zero-order valence-corrected chi connectivity index (χ0v) is 14.2. The van der Waals surface area contributed by atoms with Crippen molar-refractivity contribution < 1.29 is 8.85 Å². The van der Waals surface area contributed by atoms with Crippen molar-refractivity contribution in [2.75, 3.05) is 13.7 Å². The molecule has 1 aromatic carbocycles. The van der Waals surface area contributed by atoms with E-state index >= 15 is 0 Å². The first-order chi connectivity index (χ1) is 9.71. The molecule has 0 unspecified atom stereocenters. The van der Waals surface area contributed by atoms with Gasteiger partial charge >= 0.3 is 8.56 Å². The summed E-state index contributed by atoms with van der Waals surface area (Å²) in [6.45, 7) is 9.01. The summed E-state index contributed by atoms with van der Waals surface area (Å²) in [4.78, 5) is 0. The third-order valence-corrected chi connectivity index (χ3v) is 7.64. The third-order valence-electron chi connectivity index (χ3n) is 3.65. The van der Waals surface area contributed by atoms with E-state index in [-0.39, 0.29) is 0 Å². The van der Waals surface area contributed by atoms with Crippen molar-refractivity contribution in [2.24, 2.45) is 0 Å². The van der Waals surface area contributed by atoms with Crippen molar-refractivity contribution in [1.82, 2.24) is 0 Å². The average Bonchev–Trinajstić information content (AvgIpc) is 2.48. The van der Waals surface area contributed by atoms with Crippen LogP contribution in [0.3, 0.4) is 0 Å². The Morgan fingerprint density at radius 1 is 1.15 bits per heavy atom. The summed E-state index contributed by atoms with van der Waals surface area (Å²) in [5, 5.41) is 0. The van der Waals surface area contributed by atoms with E-state index in [1.165, 1.54) is 11.1 Å². The molecule has 0 N–H and O–H groups in total. The largest absolute Gasteiger partial charge is 0.398 e. The molecule has 2 nitrogen and oxygen atoms in total. The van der Waals surface area contributed by atoms with Crippen LogP contribution in [0.25, 0.3) is 6.08 Å². The van der Waals surface area contributed by atoms with Gasteiger partial charge in [0.2, 0.25) is 0 Å². The molecule has 0 saturated heterocycles. The van der Waals surface area contributed by atoms with Crippen molar-refractivity contribution in [3.8, 4) is 0 Å². The highest BCUT2D eigenvalue weighted by Crippen LogP contribution is 2.22. The fraction of sp³-hybridized carbons (Fsp3) is 0.529. The molecular weight excluding hydrogens is 264 g/mol. The Kier molecular flexibility index (Phi) is 7.81. The first-order valence-corrected chi connectivity index (χ1v) is 9.84. The predicted octanol–water partition coefficient (Wildman–Crippen LogP) is 4.80. The maximum atomic E-state index is 6.25. The first kappa shape index (κ1) is 17.1. The molecule has 0 amide bonds. The second kappa shape index (κ2) is 9.11. The lowest BCUT2D eigenvalue weighted by molar-refractivity contribution is 0.199. The SMILES string of the molecule is C=Cc1ccccc1CCO[Si](CCC)(CCC)OC. The van der Waals surface area contributed by atoms with Gasteiger partial charge in [-0.2, -0.15) is 0 Å². The Hall–Kier alpha value is -0.903. The molecule has 0 atom stereocenters. The Bertz CT molecular complexity index is 398. The zero-order chi connectivity index (χ0) is 14.8. The van der Waals surface area contributed by atoms with E-state index in [0.717, 1.165) is 38.0 Å². The quantitative estimate of drug-likeness (QED) is 0.577. The maximum absolute atomic E-state index is 6.25. The number of hydrogen-bond acceptors (Lipinski definition) is 2. The van der Waals surface area contributed by atoms with Crippen LogP contribution in [0.15, 0.2) is 30.8 Å². The van der Waals surface area contributed by atoms with Gasteiger partial charge in [-0.05, 0) is 29.6 Å². The van der Waals surface area contributed by atoms with Gasteiger partial charge in [0, 0.05) is 13.7 Å². The minimum atomic E-state index is -1.98. The smallest absolute Gasteiger partial charge is 0.337 e. The van der Waals surface area contributed by atoms with E-state index in [9.17, 15) is 0 Å². The van der Waals surface area contributed by atoms with E-state index < -0.39 is 8.56 Å². The van der Waals surface area contributed by atoms with Crippen LogP contribution in [-0.4, -0.2) is 22.3 Å². The van der Waals surface area contributed by atoms with Crippen LogP contribution in [0, 0.1) is 0 Å². The highest BCUT2D eigenvalue weighted by atomic mass is 28.4. The van der Waals surface area contributed by atoms with E-state index in [1.807, 2.05) is 19.3 Å². The molecule has 112 valence electrons. The molecule has 0 saturated carbocycles. The highest BCUT2D eigenvalue weighted by Gasteiger charge is 2.34. The highest BCUT2D eigenvalue weighted by molar-refractivity contribution is 6.67. The molecule has 0 aliphatic heterocycles. The molecule has 0 spiro atoms. The fourth-order valence-corrected chi connectivity index (χ4v) is 5.66. The van der Waals surface area contributed by atoms with Crippen LogP contribution in [0.5, 0.6) is 0 Å². The molecule has 0 bridgehead atoms. The van der Waals surface area contributed by atoms with Gasteiger partial charge in [0.1, 0.15) is 0 Å². The summed E-state index contributed by atoms with van der Waals surface area (Å²) >= 11 is 0. The summed E-state index contributed by atoms with van der Waals surface area (Å²) < 4.78 is 12.1. The average molecular weight is 292 g/mol. The second-order valence-corrected chi connectivity index (χ2v) is 8.63. The van der Waals surface area contributed by atoms with Crippen LogP contribution >= 0.6 is 0 Å². The van der Waals surface area contributed by atoms with Gasteiger partial charge in [-0.1, -0.05) is 63.6 Å². The van der Waals surface area contributed by atoms with Crippen molar-refractivity contribution in [2.45, 2.75) is 45.2 Å². The van der Waals surface area contributed by atoms with Gasteiger partial charge < -0.3 is 8.85 Å². The van der Waals surface area contributed by atoms with Crippen LogP contribution in [0.4, 0.5) is 0 Å². The van der Waals surface area contributed by atoms with Gasteiger partial charge in [0.05, 0.1) is 0 Å². The normalized spacial score (nSPS) is 11.6. The van der Waals surface area contributed by atoms with Crippen LogP contribution < -0.4 is 0 Å². The molecule has 1 rings (SSSR count). The van der Waals surface area contributed by atoms with E-state index in [0.29, 0.717) is 0 Å². The van der Waals surface area contributed by atoms with Crippen molar-refractivity contribution in [3.05, 3.63) is 42.0 Å². The summed E-state index contributed by atoms with van der Waals surface area (Å²) in [5.74, 6) is 0. The molecule has 0 aromatic heterocycles. The minimum Gasteiger partial charge on any atom is -0.398 e. The molecular formula is C17H28O2Si. The molecule has 1 aromatic rings. The van der Waals surface area contributed by atoms with E-state index in [4.69, 9.17) is 8.85 Å². The van der Waals surface area contributed by atoms with Crippen LogP contribution in [0.1, 0.15) is 37.8 Å². The lowest BCUT2D eigenvalue weighted by atomic mass is 10.1. The summed E-state index contributed by atoms with van der Waals surface area (Å²) in [6.07, 6.45) is 5.09. The van der Waals surface area contributed by atoms with E-state index in [1.54, 1.807) is 0 Å². The summed E-state index contributed by atoms with van der Waals surface area (Å²) in [5.41, 5.74) is 2.50. The van der Waals surface area contributed by atoms with Crippen LogP contribution in [-0.2, 0) is 15.3 Å². The standard InChI is InChI=1S/C17H28O2Si/c1-5-14-20(18-4,15-6-2)19-13-12-17-11-9-8-10-16(17)7-3/h7-11H,3,5-6,12-15H2,1-2,4H3. The number of benzene rings is 1. The third kappa shape index (κ3) is 4.89. The fourth-order valence-electron chi connectivity index (χ4n) is 2.60. The minimum absolute atomic E-state index is 0.741. The van der Waals surface area contributed by atoms with Gasteiger partial charge in [-0.3, -0.25) is 0 Å². The van der Waals surface area contributed by atoms with Gasteiger partial charge in [0.15, 0.2) is 0 Å². The molecule has 3 heteroatoms. The Labute approximate surface area is 125 Å². The Morgan fingerprint density at radius 3 is 2.35 bits per heavy atom. The first-order valence-electron chi connectivity index (χ1n) is 7.60. The zero-order valence-electron chi connectivity index (χ0n) is 13.2. The van der Waals surface area contributed by atoms with Gasteiger partial charge in [-0.25, -0.2) is 0 Å². The molecule has 0 aliphatic carbocycles. The molecule has 20 heavy (non-hydrogen) atoms. The Balaban J connectivity index is 2.61. The molecule has 0 fully saturated rings. The van der Waals surface area contributed by atoms with Crippen molar-refractivity contribution in [3.63, 3.8) is 0 Å². The van der Waals surface area contributed by atoms with Gasteiger partial charge in [0.25, 0.3) is 0 Å².